The van der Waals surface area contributed by atoms with Gasteiger partial charge in [-0.05, 0) is 36.0 Å². The fourth-order valence-electron chi connectivity index (χ4n) is 6.47. The van der Waals surface area contributed by atoms with E-state index in [9.17, 15) is 28.8 Å². The summed E-state index contributed by atoms with van der Waals surface area (Å²) in [4.78, 5) is 81.3. The first-order chi connectivity index (χ1) is 20.3. The molecule has 248 valence electrons. The van der Waals surface area contributed by atoms with Gasteiger partial charge in [0, 0.05) is 24.4 Å². The van der Waals surface area contributed by atoms with Crippen LogP contribution in [0.1, 0.15) is 88.5 Å². The first-order valence-corrected chi connectivity index (χ1v) is 16.0. The van der Waals surface area contributed by atoms with Crippen LogP contribution in [0.15, 0.2) is 12.7 Å². The van der Waals surface area contributed by atoms with Gasteiger partial charge in [0.15, 0.2) is 5.78 Å². The largest absolute Gasteiger partial charge is 0.346 e. The van der Waals surface area contributed by atoms with Gasteiger partial charge in [-0.2, -0.15) is 0 Å². The molecule has 1 aliphatic carbocycles. The van der Waals surface area contributed by atoms with Crippen LogP contribution in [0.5, 0.6) is 0 Å². The lowest BCUT2D eigenvalue weighted by Crippen LogP contribution is -2.63. The van der Waals surface area contributed by atoms with Crippen molar-refractivity contribution in [3.63, 3.8) is 0 Å². The molecule has 0 spiro atoms. The van der Waals surface area contributed by atoms with E-state index in [0.717, 1.165) is 6.42 Å². The van der Waals surface area contributed by atoms with Gasteiger partial charge in [-0.3, -0.25) is 24.0 Å². The van der Waals surface area contributed by atoms with E-state index >= 15 is 0 Å². The Hall–Kier alpha value is -3.24. The number of nitrogens with zero attached hydrogens (tertiary/aromatic N) is 1. The average Bonchev–Trinajstić information content (AvgIpc) is 3.55. The van der Waals surface area contributed by atoms with Crippen LogP contribution in [0.4, 0.5) is 4.79 Å². The Balaban J connectivity index is 2.38. The van der Waals surface area contributed by atoms with Crippen molar-refractivity contribution in [3.05, 3.63) is 12.7 Å². The summed E-state index contributed by atoms with van der Waals surface area (Å²) in [6.45, 7) is 22.7. The number of amides is 5. The predicted molar refractivity (Wildman–Crippen MR) is 169 cm³/mol. The maximum absolute atomic E-state index is 14.3. The van der Waals surface area contributed by atoms with Gasteiger partial charge < -0.3 is 26.2 Å². The monoisotopic (exact) mass is 617 g/mol. The third-order valence-electron chi connectivity index (χ3n) is 9.10. The van der Waals surface area contributed by atoms with Crippen molar-refractivity contribution >= 4 is 35.3 Å². The second-order valence-corrected chi connectivity index (χ2v) is 14.5. The zero-order valence-corrected chi connectivity index (χ0v) is 28.3. The summed E-state index contributed by atoms with van der Waals surface area (Å²) in [7, 11) is 0. The van der Waals surface area contributed by atoms with E-state index in [1.165, 1.54) is 6.08 Å². The van der Waals surface area contributed by atoms with Crippen LogP contribution in [-0.2, 0) is 24.0 Å². The Kier molecular flexibility index (Phi) is 12.3. The number of carbonyl (C=O) groups is 6. The fourth-order valence-corrected chi connectivity index (χ4v) is 6.47. The maximum Gasteiger partial charge on any atom is 0.316 e. The third-order valence-corrected chi connectivity index (χ3v) is 9.10. The lowest BCUT2D eigenvalue weighted by atomic mass is 9.82. The number of hydrogen-bond donors (Lipinski definition) is 4. The topological polar surface area (TPSA) is 154 Å². The van der Waals surface area contributed by atoms with Crippen LogP contribution in [-0.4, -0.2) is 77.5 Å². The molecule has 2 fully saturated rings. The highest BCUT2D eigenvalue weighted by atomic mass is 16.2. The van der Waals surface area contributed by atoms with E-state index in [0.29, 0.717) is 13.0 Å². The number of rotatable bonds is 15. The van der Waals surface area contributed by atoms with Crippen molar-refractivity contribution in [1.82, 2.24) is 26.2 Å². The molecule has 0 radical (unpaired) electrons. The molecular weight excluding hydrogens is 562 g/mol. The van der Waals surface area contributed by atoms with E-state index in [1.807, 2.05) is 55.4 Å². The number of hydrogen-bond acceptors (Lipinski definition) is 6. The van der Waals surface area contributed by atoms with E-state index in [-0.39, 0.29) is 42.4 Å². The molecule has 11 nitrogen and oxygen atoms in total. The second kappa shape index (κ2) is 14.7. The molecule has 0 aromatic carbocycles. The number of likely N-dealkylation sites (tertiary alicyclic amines) is 1. The molecule has 0 bridgehead atoms. The van der Waals surface area contributed by atoms with E-state index in [2.05, 4.69) is 27.8 Å². The molecule has 0 aromatic heterocycles. The molecule has 6 atom stereocenters. The van der Waals surface area contributed by atoms with Crippen molar-refractivity contribution in [2.75, 3.05) is 13.1 Å². The molecule has 44 heavy (non-hydrogen) atoms. The zero-order valence-electron chi connectivity index (χ0n) is 28.3. The van der Waals surface area contributed by atoms with E-state index in [4.69, 9.17) is 0 Å². The van der Waals surface area contributed by atoms with Crippen LogP contribution in [0.2, 0.25) is 0 Å². The van der Waals surface area contributed by atoms with Crippen molar-refractivity contribution in [3.8, 4) is 0 Å². The highest BCUT2D eigenvalue weighted by molar-refractivity contribution is 6.38. The summed E-state index contributed by atoms with van der Waals surface area (Å²) in [6.07, 6.45) is 3.05. The highest BCUT2D eigenvalue weighted by Crippen LogP contribution is 2.66. The predicted octanol–water partition coefficient (Wildman–Crippen LogP) is 2.98. The van der Waals surface area contributed by atoms with Gasteiger partial charge in [0.05, 0.1) is 12.1 Å². The minimum absolute atomic E-state index is 0.0652. The summed E-state index contributed by atoms with van der Waals surface area (Å²) in [5.41, 5.74) is -1.20. The molecule has 1 saturated heterocycles. The molecular formula is C33H55N5O6. The lowest BCUT2D eigenvalue weighted by molar-refractivity contribution is -0.146. The first-order valence-electron chi connectivity index (χ1n) is 16.0. The molecule has 4 N–H and O–H groups in total. The normalized spacial score (nSPS) is 23.0. The molecule has 2 rings (SSSR count). The minimum atomic E-state index is -1.04. The Morgan fingerprint density at radius 3 is 2.07 bits per heavy atom. The van der Waals surface area contributed by atoms with Crippen LogP contribution < -0.4 is 21.3 Å². The SMILES string of the molecule is C=CCNC(=O)C(=O)C(CCC)NC(=O)[C@H]1N(C(=O)[C@@H](NC(=O)N[C@H](C(=O)C(C)C)C(C)C)C(C)(C)C)C[C@@H]2CC21C(C)C. The summed E-state index contributed by atoms with van der Waals surface area (Å²) < 4.78 is 0. The van der Waals surface area contributed by atoms with Gasteiger partial charge in [-0.15, -0.1) is 6.58 Å². The number of carbonyl (C=O) groups excluding carboxylic acids is 6. The van der Waals surface area contributed by atoms with Crippen LogP contribution in [0.25, 0.3) is 0 Å². The number of Topliss-reactive ketones (excluding diaryl/α,β-unsaturated/α-hetero) is 2. The van der Waals surface area contributed by atoms with Crippen molar-refractivity contribution in [1.29, 1.82) is 0 Å². The number of urea groups is 1. The van der Waals surface area contributed by atoms with Crippen molar-refractivity contribution in [2.45, 2.75) is 113 Å². The van der Waals surface area contributed by atoms with Crippen LogP contribution in [0, 0.1) is 34.5 Å². The van der Waals surface area contributed by atoms with Gasteiger partial charge >= 0.3 is 6.03 Å². The molecule has 2 aliphatic rings. The molecule has 0 aromatic rings. The van der Waals surface area contributed by atoms with Crippen LogP contribution in [0.3, 0.4) is 0 Å². The number of piperidine rings is 1. The highest BCUT2D eigenvalue weighted by Gasteiger charge is 2.70. The Labute approximate surface area is 263 Å². The quantitative estimate of drug-likeness (QED) is 0.164. The Bertz CT molecular complexity index is 1130. The maximum atomic E-state index is 14.3. The van der Waals surface area contributed by atoms with Crippen molar-refractivity contribution in [2.24, 2.45) is 34.5 Å². The first kappa shape index (κ1) is 36.9. The van der Waals surface area contributed by atoms with Gasteiger partial charge in [0.2, 0.25) is 17.6 Å². The number of nitrogens with one attached hydrogen (secondary N) is 4. The molecule has 1 saturated carbocycles. The molecule has 1 heterocycles. The van der Waals surface area contributed by atoms with E-state index in [1.54, 1.807) is 18.7 Å². The molecule has 2 unspecified atom stereocenters. The number of ketones is 2. The summed E-state index contributed by atoms with van der Waals surface area (Å²) >= 11 is 0. The average molecular weight is 618 g/mol. The van der Waals surface area contributed by atoms with Gasteiger partial charge in [-0.25, -0.2) is 4.79 Å². The fraction of sp³-hybridized carbons (Fsp3) is 0.758. The smallest absolute Gasteiger partial charge is 0.316 e. The number of fused-ring (bicyclic) bond motifs is 1. The summed E-state index contributed by atoms with van der Waals surface area (Å²) in [6, 6.07) is -4.26. The third kappa shape index (κ3) is 8.07. The van der Waals surface area contributed by atoms with E-state index < -0.39 is 64.5 Å². The second-order valence-electron chi connectivity index (χ2n) is 14.5. The van der Waals surface area contributed by atoms with Gasteiger partial charge in [0.25, 0.3) is 5.91 Å². The zero-order chi connectivity index (χ0) is 33.7. The molecule has 11 heteroatoms. The summed E-state index contributed by atoms with van der Waals surface area (Å²) in [5, 5.41) is 10.9. The minimum Gasteiger partial charge on any atom is -0.346 e. The van der Waals surface area contributed by atoms with Gasteiger partial charge in [-0.1, -0.05) is 81.7 Å². The molecule has 5 amide bonds. The summed E-state index contributed by atoms with van der Waals surface area (Å²) in [5.74, 6) is -2.79. The molecule has 1 aliphatic heterocycles. The Morgan fingerprint density at radius 2 is 1.59 bits per heavy atom. The van der Waals surface area contributed by atoms with Crippen LogP contribution >= 0.6 is 0 Å². The standard InChI is InChI=1S/C33H55N5O6/c1-12-14-22(25(40)28(41)34-15-13-2)35-29(42)27-33(20(7)8)16-21(33)17-38(27)30(43)26(32(9,10)11)37-31(44)36-23(18(3)4)24(39)19(5)6/h13,18-23,26-27H,2,12,14-17H2,1,3-11H3,(H,34,41)(H,35,42)(H2,36,37,44)/t21-,22?,23-,26+,27+,33?/m0/s1. The lowest BCUT2D eigenvalue weighted by Gasteiger charge is -2.39. The Morgan fingerprint density at radius 1 is 0.977 bits per heavy atom. The van der Waals surface area contributed by atoms with Crippen molar-refractivity contribution < 1.29 is 28.8 Å². The van der Waals surface area contributed by atoms with Gasteiger partial charge in [0.1, 0.15) is 12.1 Å².